The molecule has 0 saturated carbocycles. The molecule has 0 aliphatic carbocycles. The zero-order valence-electron chi connectivity index (χ0n) is 17.5. The number of pyridine rings is 1. The zero-order chi connectivity index (χ0) is 21.1. The molecular formula is C21H30N6O3. The summed E-state index contributed by atoms with van der Waals surface area (Å²) in [5.74, 6) is 0.652. The smallest absolute Gasteiger partial charge is 0.407 e. The van der Waals surface area contributed by atoms with Crippen LogP contribution in [0.1, 0.15) is 30.5 Å². The van der Waals surface area contributed by atoms with Gasteiger partial charge in [-0.1, -0.05) is 0 Å². The summed E-state index contributed by atoms with van der Waals surface area (Å²) in [5, 5.41) is 22.1. The number of fused-ring (bicyclic) bond motifs is 1. The molecule has 0 aromatic carbocycles. The largest absolute Gasteiger partial charge is 0.474 e. The van der Waals surface area contributed by atoms with E-state index in [2.05, 4.69) is 28.2 Å². The van der Waals surface area contributed by atoms with Gasteiger partial charge in [-0.2, -0.15) is 5.26 Å². The Balaban J connectivity index is 1.58. The van der Waals surface area contributed by atoms with Gasteiger partial charge in [0.1, 0.15) is 6.10 Å². The maximum atomic E-state index is 11.6. The Hall–Kier alpha value is -2.57. The van der Waals surface area contributed by atoms with Gasteiger partial charge >= 0.3 is 6.09 Å². The number of nitrogens with one attached hydrogen (secondary N) is 1. The predicted octanol–water partition coefficient (Wildman–Crippen LogP) is 1.28. The SMILES string of the molecule is CN1CCC(Oc2cc(N3CCN(C(=O)O)[C@@H](CC#N)C3)c3c(n2)CNCC3)CC1. The Morgan fingerprint density at radius 1 is 1.37 bits per heavy atom. The molecule has 2 fully saturated rings. The van der Waals surface area contributed by atoms with Gasteiger partial charge in [-0.05, 0) is 38.4 Å². The Morgan fingerprint density at radius 3 is 2.90 bits per heavy atom. The van der Waals surface area contributed by atoms with Gasteiger partial charge in [0, 0.05) is 51.0 Å². The highest BCUT2D eigenvalue weighted by atomic mass is 16.5. The number of carboxylic acid groups (broad SMARTS) is 1. The van der Waals surface area contributed by atoms with Crippen LogP contribution in [0.3, 0.4) is 0 Å². The van der Waals surface area contributed by atoms with Gasteiger partial charge in [0.15, 0.2) is 0 Å². The molecule has 162 valence electrons. The Morgan fingerprint density at radius 2 is 2.17 bits per heavy atom. The van der Waals surface area contributed by atoms with Crippen molar-refractivity contribution in [3.63, 3.8) is 0 Å². The second-order valence-corrected chi connectivity index (χ2v) is 8.39. The Labute approximate surface area is 177 Å². The van der Waals surface area contributed by atoms with Crippen molar-refractivity contribution in [2.24, 2.45) is 0 Å². The molecule has 0 radical (unpaired) electrons. The van der Waals surface area contributed by atoms with Crippen molar-refractivity contribution in [3.05, 3.63) is 17.3 Å². The summed E-state index contributed by atoms with van der Waals surface area (Å²) in [6, 6.07) is 3.84. The summed E-state index contributed by atoms with van der Waals surface area (Å²) in [7, 11) is 2.13. The number of nitrogens with zero attached hydrogens (tertiary/aromatic N) is 5. The number of ether oxygens (including phenoxy) is 1. The number of aromatic nitrogens is 1. The normalized spacial score (nSPS) is 23.0. The van der Waals surface area contributed by atoms with Gasteiger partial charge < -0.3 is 29.9 Å². The molecule has 3 aliphatic rings. The number of rotatable bonds is 4. The summed E-state index contributed by atoms with van der Waals surface area (Å²) < 4.78 is 6.29. The quantitative estimate of drug-likeness (QED) is 0.759. The second-order valence-electron chi connectivity index (χ2n) is 8.39. The Bertz CT molecular complexity index is 818. The summed E-state index contributed by atoms with van der Waals surface area (Å²) in [4.78, 5) is 22.3. The minimum atomic E-state index is -0.956. The van der Waals surface area contributed by atoms with E-state index in [1.54, 1.807) is 0 Å². The van der Waals surface area contributed by atoms with E-state index in [9.17, 15) is 15.2 Å². The number of piperazine rings is 1. The third-order valence-corrected chi connectivity index (χ3v) is 6.36. The first kappa shape index (κ1) is 20.7. The van der Waals surface area contributed by atoms with Crippen LogP contribution in [0.25, 0.3) is 0 Å². The van der Waals surface area contributed by atoms with E-state index in [0.717, 1.165) is 50.3 Å². The van der Waals surface area contributed by atoms with Crippen LogP contribution >= 0.6 is 0 Å². The number of carbonyl (C=O) groups is 1. The first-order chi connectivity index (χ1) is 14.5. The van der Waals surface area contributed by atoms with Crippen LogP contribution in [-0.4, -0.2) is 84.4 Å². The molecule has 2 saturated heterocycles. The van der Waals surface area contributed by atoms with Crippen LogP contribution in [0.15, 0.2) is 6.07 Å². The van der Waals surface area contributed by atoms with E-state index in [1.807, 2.05) is 6.07 Å². The number of hydrogen-bond acceptors (Lipinski definition) is 7. The number of hydrogen-bond donors (Lipinski definition) is 2. The van der Waals surface area contributed by atoms with Gasteiger partial charge in [-0.3, -0.25) is 0 Å². The van der Waals surface area contributed by atoms with Crippen molar-refractivity contribution in [1.82, 2.24) is 20.1 Å². The molecule has 0 unspecified atom stereocenters. The van der Waals surface area contributed by atoms with E-state index in [-0.39, 0.29) is 18.6 Å². The lowest BCUT2D eigenvalue weighted by Crippen LogP contribution is -2.55. The molecular weight excluding hydrogens is 384 g/mol. The number of amides is 1. The first-order valence-electron chi connectivity index (χ1n) is 10.8. The highest BCUT2D eigenvalue weighted by Gasteiger charge is 2.32. The fraction of sp³-hybridized carbons (Fsp3) is 0.667. The standard InChI is InChI=1S/C21H30N6O3/c1-25-8-4-16(5-9-25)30-20-12-19(17-3-7-23-13-18(17)24-20)26-10-11-27(21(28)29)15(14-26)2-6-22/h12,15-16,23H,2-5,7-11,13-14H2,1H3,(H,28,29)/t15-/m0/s1. The van der Waals surface area contributed by atoms with Gasteiger partial charge in [-0.15, -0.1) is 0 Å². The van der Waals surface area contributed by atoms with Crippen LogP contribution < -0.4 is 15.0 Å². The topological polar surface area (TPSA) is 105 Å². The summed E-state index contributed by atoms with van der Waals surface area (Å²) in [6.07, 6.45) is 2.27. The van der Waals surface area contributed by atoms with Crippen LogP contribution in [-0.2, 0) is 13.0 Å². The van der Waals surface area contributed by atoms with Crippen LogP contribution in [0, 0.1) is 11.3 Å². The van der Waals surface area contributed by atoms with Gasteiger partial charge in [-0.25, -0.2) is 9.78 Å². The molecule has 4 rings (SSSR count). The summed E-state index contributed by atoms with van der Waals surface area (Å²) in [5.41, 5.74) is 3.31. The van der Waals surface area contributed by atoms with Crippen LogP contribution in [0.2, 0.25) is 0 Å². The molecule has 3 aliphatic heterocycles. The average Bonchev–Trinajstić information content (AvgIpc) is 2.75. The van der Waals surface area contributed by atoms with E-state index in [4.69, 9.17) is 9.72 Å². The first-order valence-corrected chi connectivity index (χ1v) is 10.8. The van der Waals surface area contributed by atoms with E-state index >= 15 is 0 Å². The number of piperidine rings is 1. The summed E-state index contributed by atoms with van der Waals surface area (Å²) >= 11 is 0. The molecule has 0 bridgehead atoms. The minimum Gasteiger partial charge on any atom is -0.474 e. The second kappa shape index (κ2) is 9.06. The van der Waals surface area contributed by atoms with Crippen molar-refractivity contribution in [2.75, 3.05) is 51.2 Å². The van der Waals surface area contributed by atoms with Gasteiger partial charge in [0.2, 0.25) is 5.88 Å². The molecule has 4 heterocycles. The fourth-order valence-electron chi connectivity index (χ4n) is 4.65. The molecule has 1 aromatic heterocycles. The van der Waals surface area contributed by atoms with Crippen molar-refractivity contribution in [1.29, 1.82) is 5.26 Å². The van der Waals surface area contributed by atoms with Crippen molar-refractivity contribution >= 4 is 11.8 Å². The van der Waals surface area contributed by atoms with E-state index < -0.39 is 6.09 Å². The molecule has 9 nitrogen and oxygen atoms in total. The molecule has 1 aromatic rings. The lowest BCUT2D eigenvalue weighted by atomic mass is 10.0. The highest BCUT2D eigenvalue weighted by Crippen LogP contribution is 2.32. The van der Waals surface area contributed by atoms with Gasteiger partial charge in [0.25, 0.3) is 0 Å². The van der Waals surface area contributed by atoms with E-state index in [1.165, 1.54) is 10.5 Å². The Kier molecular flexibility index (Phi) is 6.25. The molecule has 1 amide bonds. The summed E-state index contributed by atoms with van der Waals surface area (Å²) in [6.45, 7) is 5.16. The zero-order valence-corrected chi connectivity index (χ0v) is 17.5. The lowest BCUT2D eigenvalue weighted by molar-refractivity contribution is 0.109. The number of likely N-dealkylation sites (tertiary alicyclic amines) is 1. The van der Waals surface area contributed by atoms with E-state index in [0.29, 0.717) is 32.1 Å². The number of nitriles is 1. The predicted molar refractivity (Wildman–Crippen MR) is 112 cm³/mol. The monoisotopic (exact) mass is 414 g/mol. The third kappa shape index (κ3) is 4.45. The van der Waals surface area contributed by atoms with Crippen molar-refractivity contribution < 1.29 is 14.6 Å². The fourth-order valence-corrected chi connectivity index (χ4v) is 4.65. The highest BCUT2D eigenvalue weighted by molar-refractivity contribution is 5.67. The third-order valence-electron chi connectivity index (χ3n) is 6.36. The number of anilines is 1. The molecule has 0 spiro atoms. The molecule has 30 heavy (non-hydrogen) atoms. The maximum absolute atomic E-state index is 11.6. The average molecular weight is 415 g/mol. The molecule has 9 heteroatoms. The lowest BCUT2D eigenvalue weighted by Gasteiger charge is -2.41. The molecule has 2 N–H and O–H groups in total. The van der Waals surface area contributed by atoms with Crippen molar-refractivity contribution in [3.8, 4) is 11.9 Å². The van der Waals surface area contributed by atoms with Crippen molar-refractivity contribution in [2.45, 2.75) is 44.4 Å². The van der Waals surface area contributed by atoms with Crippen LogP contribution in [0.4, 0.5) is 10.5 Å². The van der Waals surface area contributed by atoms with Gasteiger partial charge in [0.05, 0.1) is 24.2 Å². The minimum absolute atomic E-state index is 0.173. The van der Waals surface area contributed by atoms with Crippen LogP contribution in [0.5, 0.6) is 5.88 Å². The maximum Gasteiger partial charge on any atom is 0.407 e. The molecule has 1 atom stereocenters.